The van der Waals surface area contributed by atoms with Crippen molar-refractivity contribution in [3.8, 4) is 5.75 Å². The zero-order valence-corrected chi connectivity index (χ0v) is 23.6. The molecule has 2 rings (SSSR count). The Hall–Kier alpha value is 0.0400. The molecule has 10 nitrogen and oxygen atoms in total. The molecule has 2 aromatic rings. The van der Waals surface area contributed by atoms with Crippen LogP contribution in [-0.4, -0.2) is 38.3 Å². The Balaban J connectivity index is 0.00000450. The van der Waals surface area contributed by atoms with Gasteiger partial charge in [0.2, 0.25) is 0 Å². The summed E-state index contributed by atoms with van der Waals surface area (Å²) in [6.07, 6.45) is -0.0397. The van der Waals surface area contributed by atoms with E-state index in [0.29, 0.717) is 0 Å². The third-order valence-corrected chi connectivity index (χ3v) is 5.74. The number of hydrogen-bond acceptors (Lipinski definition) is 10. The molecular weight excluding hydrogens is 515 g/mol. The molecule has 0 aliphatic carbocycles. The predicted octanol–water partition coefficient (Wildman–Crippen LogP) is -2.78. The Morgan fingerprint density at radius 1 is 0.968 bits per heavy atom. The van der Waals surface area contributed by atoms with E-state index in [1.165, 1.54) is 24.3 Å². The zero-order valence-electron chi connectivity index (χ0n) is 16.4. The molecule has 0 amide bonds. The maximum absolute atomic E-state index is 11.2. The molecule has 0 bridgehead atoms. The van der Waals surface area contributed by atoms with E-state index in [1.807, 2.05) is 0 Å². The molecule has 0 saturated heterocycles. The van der Waals surface area contributed by atoms with Gasteiger partial charge in [-0.25, -0.2) is 16.8 Å². The molecule has 0 radical (unpaired) electrons. The van der Waals surface area contributed by atoms with Crippen molar-refractivity contribution >= 4 is 60.5 Å². The number of nitrogens with zero attached hydrogens (tertiary/aromatic N) is 2. The standard InChI is InChI=1S/C15H15Cl2N3O7S2.2Na/c16-10-3-2-9(6-15(10)29(24,25)26)19-20-13-8-14(12(18)7-11(13)17)27-4-1-5-28(21,22)23;;/h2-3,6-8H,1,4-5,18H2,(H,21,22,23)(H,24,25,26);;/q;2*+1/p-2. The first-order valence-electron chi connectivity index (χ1n) is 7.69. The van der Waals surface area contributed by atoms with Gasteiger partial charge in [0.05, 0.1) is 43.0 Å². The van der Waals surface area contributed by atoms with Crippen molar-refractivity contribution in [1.82, 2.24) is 0 Å². The van der Waals surface area contributed by atoms with Crippen LogP contribution < -0.4 is 69.6 Å². The summed E-state index contributed by atoms with van der Waals surface area (Å²) in [7, 11) is -9.14. The molecule has 158 valence electrons. The van der Waals surface area contributed by atoms with E-state index in [-0.39, 0.29) is 105 Å². The third-order valence-electron chi connectivity index (χ3n) is 3.33. The van der Waals surface area contributed by atoms with Gasteiger partial charge < -0.3 is 19.6 Å². The van der Waals surface area contributed by atoms with E-state index in [4.69, 9.17) is 33.7 Å². The number of azo groups is 1. The second-order valence-corrected chi connectivity index (χ2v) is 9.26. The molecule has 0 fully saturated rings. The van der Waals surface area contributed by atoms with E-state index in [1.54, 1.807) is 0 Å². The summed E-state index contributed by atoms with van der Waals surface area (Å²) < 4.78 is 70.6. The maximum Gasteiger partial charge on any atom is 1.00 e. The zero-order chi connectivity index (χ0) is 21.8. The fourth-order valence-electron chi connectivity index (χ4n) is 2.03. The van der Waals surface area contributed by atoms with Crippen molar-refractivity contribution < 1.29 is 89.8 Å². The van der Waals surface area contributed by atoms with Crippen LogP contribution in [0.5, 0.6) is 5.75 Å². The van der Waals surface area contributed by atoms with Crippen LogP contribution in [0.15, 0.2) is 45.5 Å². The van der Waals surface area contributed by atoms with Crippen LogP contribution in [0.25, 0.3) is 0 Å². The van der Waals surface area contributed by atoms with Gasteiger partial charge in [-0.15, -0.1) is 5.11 Å². The maximum atomic E-state index is 11.2. The van der Waals surface area contributed by atoms with Crippen LogP contribution in [0, 0.1) is 0 Å². The third kappa shape index (κ3) is 10.2. The van der Waals surface area contributed by atoms with Crippen molar-refractivity contribution in [2.24, 2.45) is 10.2 Å². The van der Waals surface area contributed by atoms with E-state index < -0.39 is 30.9 Å². The van der Waals surface area contributed by atoms with Crippen molar-refractivity contribution in [2.75, 3.05) is 18.1 Å². The van der Waals surface area contributed by atoms with Crippen LogP contribution in [-0.2, 0) is 20.2 Å². The van der Waals surface area contributed by atoms with E-state index >= 15 is 0 Å². The van der Waals surface area contributed by atoms with Crippen molar-refractivity contribution in [1.29, 1.82) is 0 Å². The molecule has 0 saturated carbocycles. The van der Waals surface area contributed by atoms with Crippen LogP contribution >= 0.6 is 23.2 Å². The van der Waals surface area contributed by atoms with E-state index in [9.17, 15) is 25.9 Å². The van der Waals surface area contributed by atoms with Crippen LogP contribution in [0.4, 0.5) is 17.1 Å². The minimum Gasteiger partial charge on any atom is -0.748 e. The first-order chi connectivity index (χ1) is 13.4. The summed E-state index contributed by atoms with van der Waals surface area (Å²) in [4.78, 5) is -0.642. The van der Waals surface area contributed by atoms with E-state index in [0.717, 1.165) is 6.07 Å². The normalized spacial score (nSPS) is 11.6. The average Bonchev–Trinajstić information content (AvgIpc) is 2.58. The number of hydrogen-bond donors (Lipinski definition) is 1. The van der Waals surface area contributed by atoms with Crippen LogP contribution in [0.2, 0.25) is 10.0 Å². The summed E-state index contributed by atoms with van der Waals surface area (Å²) in [5.41, 5.74) is 6.05. The molecule has 16 heteroatoms. The van der Waals surface area contributed by atoms with Gasteiger partial charge in [-0.1, -0.05) is 23.2 Å². The van der Waals surface area contributed by atoms with Crippen molar-refractivity contribution in [3.63, 3.8) is 0 Å². The Kier molecular flexibility index (Phi) is 13.1. The van der Waals surface area contributed by atoms with Crippen LogP contribution in [0.3, 0.4) is 0 Å². The van der Waals surface area contributed by atoms with Gasteiger partial charge >= 0.3 is 59.1 Å². The van der Waals surface area contributed by atoms with Gasteiger partial charge in [-0.2, -0.15) is 5.11 Å². The summed E-state index contributed by atoms with van der Waals surface area (Å²) >= 11 is 11.7. The summed E-state index contributed by atoms with van der Waals surface area (Å²) in [6.45, 7) is -0.0915. The van der Waals surface area contributed by atoms with Crippen molar-refractivity contribution in [3.05, 3.63) is 40.4 Å². The molecule has 0 aliphatic heterocycles. The average molecular weight is 528 g/mol. The Morgan fingerprint density at radius 2 is 1.61 bits per heavy atom. The van der Waals surface area contributed by atoms with E-state index in [2.05, 4.69) is 10.2 Å². The number of nitrogen functional groups attached to an aromatic ring is 1. The molecule has 0 aromatic heterocycles. The molecular formula is C15H13Cl2N3Na2O7S2. The minimum absolute atomic E-state index is 0. The van der Waals surface area contributed by atoms with Gasteiger partial charge in [0.25, 0.3) is 0 Å². The monoisotopic (exact) mass is 527 g/mol. The largest absolute Gasteiger partial charge is 1.00 e. The van der Waals surface area contributed by atoms with Gasteiger partial charge in [0.1, 0.15) is 21.6 Å². The van der Waals surface area contributed by atoms with Gasteiger partial charge in [0.15, 0.2) is 0 Å². The quantitative estimate of drug-likeness (QED) is 0.126. The molecule has 0 unspecified atom stereocenters. The Labute approximate surface area is 233 Å². The second kappa shape index (κ2) is 13.1. The molecule has 0 spiro atoms. The number of halogens is 2. The topological polar surface area (TPSA) is 174 Å². The fraction of sp³-hybridized carbons (Fsp3) is 0.200. The van der Waals surface area contributed by atoms with Crippen LogP contribution in [0.1, 0.15) is 6.42 Å². The minimum atomic E-state index is -4.79. The molecule has 0 aliphatic rings. The number of rotatable bonds is 8. The van der Waals surface area contributed by atoms with Gasteiger partial charge in [-0.3, -0.25) is 0 Å². The number of benzene rings is 2. The Bertz CT molecular complexity index is 1160. The molecule has 2 N–H and O–H groups in total. The second-order valence-electron chi connectivity index (χ2n) is 5.57. The summed E-state index contributed by atoms with van der Waals surface area (Å²) in [5.74, 6) is -0.459. The first-order valence-corrected chi connectivity index (χ1v) is 11.4. The number of ether oxygens (including phenoxy) is 1. The predicted molar refractivity (Wildman–Crippen MR) is 104 cm³/mol. The SMILES string of the molecule is Nc1cc(Cl)c(N=Nc2ccc(Cl)c(S(=O)(=O)[O-])c2)cc1OCCCS(=O)(=O)[O-].[Na+].[Na+]. The summed E-state index contributed by atoms with van der Waals surface area (Å²) in [6, 6.07) is 6.13. The van der Waals surface area contributed by atoms with Gasteiger partial charge in [-0.05, 0) is 30.7 Å². The fourth-order valence-corrected chi connectivity index (χ4v) is 3.69. The number of nitrogens with two attached hydrogens (primary N) is 1. The number of anilines is 1. The first kappa shape index (κ1) is 31.0. The molecule has 0 atom stereocenters. The van der Waals surface area contributed by atoms with Crippen molar-refractivity contribution in [2.45, 2.75) is 11.3 Å². The summed E-state index contributed by atoms with van der Waals surface area (Å²) in [5, 5.41) is 7.54. The van der Waals surface area contributed by atoms with Gasteiger partial charge in [0, 0.05) is 11.8 Å². The molecule has 31 heavy (non-hydrogen) atoms. The smallest absolute Gasteiger partial charge is 0.748 e. The molecule has 0 heterocycles. The Morgan fingerprint density at radius 3 is 2.19 bits per heavy atom. The molecule has 2 aromatic carbocycles.